The number of allylic oxidation sites excluding steroid dienone is 1. The number of nitrogens with zero attached hydrogens (tertiary/aromatic N) is 2. The van der Waals surface area contributed by atoms with Gasteiger partial charge in [0.25, 0.3) is 0 Å². The van der Waals surface area contributed by atoms with Crippen molar-refractivity contribution in [3.8, 4) is 11.5 Å². The van der Waals surface area contributed by atoms with Crippen LogP contribution >= 0.6 is 0 Å². The number of benzene rings is 2. The number of nitrogens with one attached hydrogen (secondary N) is 1. The van der Waals surface area contributed by atoms with E-state index in [1.165, 1.54) is 44.9 Å². The van der Waals surface area contributed by atoms with Crippen molar-refractivity contribution in [2.24, 2.45) is 22.9 Å². The third-order valence-corrected chi connectivity index (χ3v) is 13.5. The van der Waals surface area contributed by atoms with Gasteiger partial charge >= 0.3 is 12.2 Å². The van der Waals surface area contributed by atoms with Gasteiger partial charge in [-0.3, -0.25) is 4.90 Å². The smallest absolute Gasteiger partial charge is 0.412 e. The lowest BCUT2D eigenvalue weighted by atomic mass is 9.55. The number of fused-ring (bicyclic) bond motifs is 2. The Morgan fingerprint density at radius 2 is 1.60 bits per heavy atom. The van der Waals surface area contributed by atoms with E-state index in [1.807, 2.05) is 49.4 Å². The fraction of sp³-hybridized carbons (Fsp3) is 0.618. The van der Waals surface area contributed by atoms with E-state index >= 15 is 0 Å². The number of carbonyl (C=O) groups is 2. The molecule has 12 nitrogen and oxygen atoms in total. The Morgan fingerprint density at radius 3 is 2.28 bits per heavy atom. The molecule has 2 aromatic rings. The van der Waals surface area contributed by atoms with E-state index in [9.17, 15) is 19.8 Å². The SMILES string of the molecule is C=CCCOC(=O)N(CCC)[C@H]1CC(=NOCc2ccccc2)C2=C[C@H](CCCCO)[C@@H](CCCCO)[C@@H]3c4cc(OC(=O)NCCCCCCCCCCCC)ccc4O[C@@]1(OCC=C)[C@H]23. The lowest BCUT2D eigenvalue weighted by molar-refractivity contribution is -0.255. The normalized spacial score (nSPS) is 22.1. The zero-order valence-corrected chi connectivity index (χ0v) is 40.7. The van der Waals surface area contributed by atoms with Crippen LogP contribution in [0.3, 0.4) is 0 Å². The molecule has 2 amide bonds. The molecule has 2 aliphatic carbocycles. The number of amides is 2. The molecule has 1 fully saturated rings. The summed E-state index contributed by atoms with van der Waals surface area (Å²) in [4.78, 5) is 35.6. The molecule has 0 bridgehead atoms. The van der Waals surface area contributed by atoms with E-state index in [-0.39, 0.29) is 57.2 Å². The molecule has 3 aliphatic rings. The fourth-order valence-corrected chi connectivity index (χ4v) is 10.3. The number of carbonyl (C=O) groups excluding carboxylic acids is 2. The largest absolute Gasteiger partial charge is 0.459 e. The third-order valence-electron chi connectivity index (χ3n) is 13.5. The molecule has 0 unspecified atom stereocenters. The molecule has 67 heavy (non-hydrogen) atoms. The first kappa shape index (κ1) is 53.3. The summed E-state index contributed by atoms with van der Waals surface area (Å²) < 4.78 is 26.3. The van der Waals surface area contributed by atoms with Crippen LogP contribution in [-0.2, 0) is 20.9 Å². The molecule has 12 heteroatoms. The second-order valence-electron chi connectivity index (χ2n) is 18.4. The van der Waals surface area contributed by atoms with Gasteiger partial charge in [-0.25, -0.2) is 9.59 Å². The van der Waals surface area contributed by atoms with E-state index in [1.54, 1.807) is 23.1 Å². The molecule has 5 rings (SSSR count). The molecule has 1 aliphatic heterocycles. The average molecular weight is 928 g/mol. The van der Waals surface area contributed by atoms with E-state index < -0.39 is 29.9 Å². The monoisotopic (exact) mass is 928 g/mol. The predicted molar refractivity (Wildman–Crippen MR) is 265 cm³/mol. The quantitative estimate of drug-likeness (QED) is 0.0370. The number of rotatable bonds is 32. The Hall–Kier alpha value is -4.65. The molecule has 0 spiro atoms. The van der Waals surface area contributed by atoms with Gasteiger partial charge in [0.1, 0.15) is 24.1 Å². The molecule has 3 N–H and O–H groups in total. The summed E-state index contributed by atoms with van der Waals surface area (Å²) in [6.45, 7) is 13.8. The van der Waals surface area contributed by atoms with Crippen LogP contribution in [0, 0.1) is 17.8 Å². The summed E-state index contributed by atoms with van der Waals surface area (Å²) in [5, 5.41) is 27.8. The maximum absolute atomic E-state index is 14.3. The van der Waals surface area contributed by atoms with Crippen molar-refractivity contribution in [2.75, 3.05) is 39.5 Å². The fourth-order valence-electron chi connectivity index (χ4n) is 10.3. The van der Waals surface area contributed by atoms with Crippen LogP contribution in [0.5, 0.6) is 11.5 Å². The van der Waals surface area contributed by atoms with Gasteiger partial charge in [0.2, 0.25) is 5.79 Å². The van der Waals surface area contributed by atoms with Gasteiger partial charge in [-0.15, -0.1) is 13.2 Å². The first-order chi connectivity index (χ1) is 32.8. The molecule has 1 heterocycles. The average Bonchev–Trinajstić information content (AvgIpc) is 3.33. The minimum absolute atomic E-state index is 0.0122. The summed E-state index contributed by atoms with van der Waals surface area (Å²) in [6, 6.07) is 14.7. The van der Waals surface area contributed by atoms with Crippen LogP contribution in [0.2, 0.25) is 0 Å². The summed E-state index contributed by atoms with van der Waals surface area (Å²) >= 11 is 0. The van der Waals surface area contributed by atoms with Gasteiger partial charge in [-0.1, -0.05) is 138 Å². The van der Waals surface area contributed by atoms with Crippen molar-refractivity contribution in [1.29, 1.82) is 0 Å². The minimum atomic E-state index is -1.43. The molecule has 0 saturated heterocycles. The van der Waals surface area contributed by atoms with Crippen LogP contribution in [-0.4, -0.2) is 84.4 Å². The zero-order chi connectivity index (χ0) is 47.7. The number of aliphatic hydroxyl groups is 2. The molecule has 370 valence electrons. The van der Waals surface area contributed by atoms with E-state index in [0.717, 1.165) is 61.6 Å². The van der Waals surface area contributed by atoms with Crippen molar-refractivity contribution < 1.29 is 43.6 Å². The van der Waals surface area contributed by atoms with Gasteiger partial charge in [-0.05, 0) is 86.1 Å². The zero-order valence-electron chi connectivity index (χ0n) is 40.7. The standard InChI is InChI=1S/C55H81N3O9/c1-5-9-11-12-13-14-15-16-17-23-32-56-53(61)66-44-30-31-49-47(39-44)51-45(29-22-25-35-60)43(28-21-24-34-59)38-46-48(57-65-41-42-26-19-18-20-27-42)40-50(55(67-49,52(46)51)64-36-8-4)58(33-7-3)54(62)63-37-10-6-2/h6,8,18-20,26-27,30-31,38-39,43,45,50-52,59-60H,2,4-5,7,9-17,21-25,28-29,32-37,40-41H2,1,3H3,(H,56,61)/t43-,45+,50-,51+,52+,55+/m0/s1. The molecule has 1 saturated carbocycles. The molecule has 6 atom stereocenters. The molecule has 2 aromatic carbocycles. The van der Waals surface area contributed by atoms with Gasteiger partial charge in [0.15, 0.2) is 0 Å². The minimum Gasteiger partial charge on any atom is -0.459 e. The summed E-state index contributed by atoms with van der Waals surface area (Å²) in [6.07, 6.45) is 22.8. The van der Waals surface area contributed by atoms with Gasteiger partial charge in [-0.2, -0.15) is 0 Å². The summed E-state index contributed by atoms with van der Waals surface area (Å²) in [7, 11) is 0. The van der Waals surface area contributed by atoms with E-state index in [2.05, 4.69) is 31.5 Å². The number of ether oxygens (including phenoxy) is 4. The highest BCUT2D eigenvalue weighted by Crippen LogP contribution is 2.62. The Kier molecular flexibility index (Phi) is 23.3. The number of unbranched alkanes of at least 4 members (excludes halogenated alkanes) is 11. The second kappa shape index (κ2) is 29.3. The highest BCUT2D eigenvalue weighted by Gasteiger charge is 2.65. The van der Waals surface area contributed by atoms with Crippen LogP contribution < -0.4 is 14.8 Å². The molecular weight excluding hydrogens is 847 g/mol. The Balaban J connectivity index is 1.55. The van der Waals surface area contributed by atoms with Crippen LogP contribution in [0.15, 0.2) is 90.6 Å². The van der Waals surface area contributed by atoms with Gasteiger partial charge in [0.05, 0.1) is 24.8 Å². The molecule has 0 radical (unpaired) electrons. The lowest BCUT2D eigenvalue weighted by Gasteiger charge is -2.59. The number of oxime groups is 1. The van der Waals surface area contributed by atoms with Crippen LogP contribution in [0.4, 0.5) is 9.59 Å². The van der Waals surface area contributed by atoms with Crippen molar-refractivity contribution in [3.63, 3.8) is 0 Å². The van der Waals surface area contributed by atoms with Gasteiger partial charge < -0.3 is 39.3 Å². The highest BCUT2D eigenvalue weighted by molar-refractivity contribution is 6.03. The van der Waals surface area contributed by atoms with Crippen molar-refractivity contribution in [3.05, 3.63) is 96.6 Å². The maximum atomic E-state index is 14.3. The second-order valence-corrected chi connectivity index (χ2v) is 18.4. The van der Waals surface area contributed by atoms with Crippen molar-refractivity contribution >= 4 is 17.9 Å². The summed E-state index contributed by atoms with van der Waals surface area (Å²) in [5.74, 6) is -1.17. The molecule has 0 aromatic heterocycles. The maximum Gasteiger partial charge on any atom is 0.412 e. The summed E-state index contributed by atoms with van der Waals surface area (Å²) in [5.41, 5.74) is 3.46. The third kappa shape index (κ3) is 15.2. The number of hydrogen-bond acceptors (Lipinski definition) is 10. The van der Waals surface area contributed by atoms with E-state index in [4.69, 9.17) is 28.9 Å². The predicted octanol–water partition coefficient (Wildman–Crippen LogP) is 12.0. The highest BCUT2D eigenvalue weighted by atomic mass is 16.7. The van der Waals surface area contributed by atoms with Crippen molar-refractivity contribution in [2.45, 2.75) is 160 Å². The van der Waals surface area contributed by atoms with Gasteiger partial charge in [0, 0.05) is 44.2 Å². The first-order valence-electron chi connectivity index (χ1n) is 25.6. The topological polar surface area (TPSA) is 148 Å². The van der Waals surface area contributed by atoms with Crippen molar-refractivity contribution in [1.82, 2.24) is 10.2 Å². The van der Waals surface area contributed by atoms with E-state index in [0.29, 0.717) is 56.0 Å². The first-order valence-corrected chi connectivity index (χ1v) is 25.6. The molecular formula is C55H81N3O9. The lowest BCUT2D eigenvalue weighted by Crippen LogP contribution is -2.70. The number of aliphatic hydroxyl groups excluding tert-OH is 2. The van der Waals surface area contributed by atoms with Crippen LogP contribution in [0.25, 0.3) is 0 Å². The number of hydrogen-bond donors (Lipinski definition) is 3. The van der Waals surface area contributed by atoms with Crippen LogP contribution in [0.1, 0.15) is 153 Å². The Bertz CT molecular complexity index is 1870. The Labute approximate surface area is 401 Å². The Morgan fingerprint density at radius 1 is 0.881 bits per heavy atom.